The maximum atomic E-state index is 13.9. The standard InChI is InChI=1S/C11H18F3NO3/c1-9(2,3)18-8(17)15-5-10(12,7-16)4-11(13,14)6-15/h16H,4-7H2,1-3H3. The van der Waals surface area contributed by atoms with Gasteiger partial charge in [0.1, 0.15) is 5.60 Å². The molecule has 0 aromatic heterocycles. The second kappa shape index (κ2) is 4.60. The van der Waals surface area contributed by atoms with E-state index in [1.165, 1.54) is 0 Å². The van der Waals surface area contributed by atoms with Gasteiger partial charge in [-0.3, -0.25) is 4.90 Å². The quantitative estimate of drug-likeness (QED) is 0.791. The molecule has 1 saturated heterocycles. The summed E-state index contributed by atoms with van der Waals surface area (Å²) in [6, 6.07) is 0. The molecule has 1 rings (SSSR count). The number of ether oxygens (including phenoxy) is 1. The molecule has 1 amide bonds. The number of hydrogen-bond acceptors (Lipinski definition) is 3. The fraction of sp³-hybridized carbons (Fsp3) is 0.909. The van der Waals surface area contributed by atoms with Crippen LogP contribution in [0.25, 0.3) is 0 Å². The molecule has 0 aromatic carbocycles. The van der Waals surface area contributed by atoms with Crippen LogP contribution in [-0.2, 0) is 4.74 Å². The Balaban J connectivity index is 2.80. The predicted octanol–water partition coefficient (Wildman–Crippen LogP) is 1.96. The minimum absolute atomic E-state index is 0.589. The topological polar surface area (TPSA) is 49.8 Å². The number of hydrogen-bond donors (Lipinski definition) is 1. The zero-order chi connectivity index (χ0) is 14.2. The lowest BCUT2D eigenvalue weighted by atomic mass is 9.93. The van der Waals surface area contributed by atoms with Crippen LogP contribution in [0.15, 0.2) is 0 Å². The number of halogens is 3. The van der Waals surface area contributed by atoms with Crippen LogP contribution in [-0.4, -0.2) is 53.0 Å². The Hall–Kier alpha value is -0.980. The van der Waals surface area contributed by atoms with Gasteiger partial charge < -0.3 is 9.84 Å². The van der Waals surface area contributed by atoms with E-state index >= 15 is 0 Å². The monoisotopic (exact) mass is 269 g/mol. The molecule has 18 heavy (non-hydrogen) atoms. The van der Waals surface area contributed by atoms with E-state index in [1.54, 1.807) is 20.8 Å². The van der Waals surface area contributed by atoms with Gasteiger partial charge in [0.2, 0.25) is 0 Å². The highest BCUT2D eigenvalue weighted by molar-refractivity contribution is 5.68. The van der Waals surface area contributed by atoms with Crippen LogP contribution >= 0.6 is 0 Å². The fourth-order valence-corrected chi connectivity index (χ4v) is 1.81. The Morgan fingerprint density at radius 2 is 1.89 bits per heavy atom. The van der Waals surface area contributed by atoms with Gasteiger partial charge in [-0.2, -0.15) is 0 Å². The molecule has 7 heteroatoms. The van der Waals surface area contributed by atoms with Crippen molar-refractivity contribution in [3.63, 3.8) is 0 Å². The summed E-state index contributed by atoms with van der Waals surface area (Å²) in [5.74, 6) is -3.37. The summed E-state index contributed by atoms with van der Waals surface area (Å²) in [6.07, 6.45) is -2.09. The molecule has 0 radical (unpaired) electrons. The molecule has 1 N–H and O–H groups in total. The van der Waals surface area contributed by atoms with Crippen LogP contribution in [0.5, 0.6) is 0 Å². The highest BCUT2D eigenvalue weighted by Gasteiger charge is 2.51. The van der Waals surface area contributed by atoms with E-state index in [2.05, 4.69) is 0 Å². The lowest BCUT2D eigenvalue weighted by Crippen LogP contribution is -2.58. The van der Waals surface area contributed by atoms with Crippen molar-refractivity contribution in [2.45, 2.75) is 44.4 Å². The van der Waals surface area contributed by atoms with Crippen molar-refractivity contribution in [3.8, 4) is 0 Å². The predicted molar refractivity (Wildman–Crippen MR) is 58.3 cm³/mol. The van der Waals surface area contributed by atoms with Gasteiger partial charge in [0.15, 0.2) is 5.67 Å². The van der Waals surface area contributed by atoms with Gasteiger partial charge in [0.05, 0.1) is 26.1 Å². The number of aliphatic hydroxyl groups is 1. The maximum Gasteiger partial charge on any atom is 0.410 e. The number of alkyl halides is 3. The first-order chi connectivity index (χ1) is 7.96. The third-order valence-electron chi connectivity index (χ3n) is 2.41. The average Bonchev–Trinajstić information content (AvgIpc) is 2.12. The van der Waals surface area contributed by atoms with E-state index in [-0.39, 0.29) is 0 Å². The van der Waals surface area contributed by atoms with Crippen molar-refractivity contribution >= 4 is 6.09 Å². The number of aliphatic hydroxyl groups excluding tert-OH is 1. The van der Waals surface area contributed by atoms with E-state index in [9.17, 15) is 18.0 Å². The number of rotatable bonds is 1. The molecule has 0 saturated carbocycles. The summed E-state index contributed by atoms with van der Waals surface area (Å²) in [5, 5.41) is 8.83. The average molecular weight is 269 g/mol. The molecule has 1 atom stereocenters. The van der Waals surface area contributed by atoms with E-state index < -0.39 is 49.4 Å². The molecule has 1 heterocycles. The molecule has 1 fully saturated rings. The summed E-state index contributed by atoms with van der Waals surface area (Å²) in [5.41, 5.74) is -3.33. The molecule has 0 aromatic rings. The van der Waals surface area contributed by atoms with Crippen molar-refractivity contribution in [2.75, 3.05) is 19.7 Å². The summed E-state index contributed by atoms with van der Waals surface area (Å²) in [7, 11) is 0. The van der Waals surface area contributed by atoms with Crippen molar-refractivity contribution in [1.82, 2.24) is 4.90 Å². The minimum atomic E-state index is -3.37. The van der Waals surface area contributed by atoms with E-state index in [4.69, 9.17) is 9.84 Å². The summed E-state index contributed by atoms with van der Waals surface area (Å²) < 4.78 is 45.4. The van der Waals surface area contributed by atoms with Crippen LogP contribution in [0.1, 0.15) is 27.2 Å². The summed E-state index contributed by atoms with van der Waals surface area (Å²) >= 11 is 0. The highest BCUT2D eigenvalue weighted by Crippen LogP contribution is 2.35. The number of carbonyl (C=O) groups is 1. The zero-order valence-electron chi connectivity index (χ0n) is 10.7. The van der Waals surface area contributed by atoms with Crippen molar-refractivity contribution in [1.29, 1.82) is 0 Å². The van der Waals surface area contributed by atoms with Gasteiger partial charge in [-0.1, -0.05) is 0 Å². The van der Waals surface area contributed by atoms with Crippen LogP contribution in [0, 0.1) is 0 Å². The Morgan fingerprint density at radius 1 is 1.33 bits per heavy atom. The molecule has 0 spiro atoms. The SMILES string of the molecule is CC(C)(C)OC(=O)N1CC(F)(F)CC(F)(CO)C1. The maximum absolute atomic E-state index is 13.9. The molecule has 0 aliphatic carbocycles. The number of piperidine rings is 1. The smallest absolute Gasteiger partial charge is 0.410 e. The van der Waals surface area contributed by atoms with E-state index in [0.717, 1.165) is 0 Å². The van der Waals surface area contributed by atoms with Crippen molar-refractivity contribution < 1.29 is 27.8 Å². The molecular formula is C11H18F3NO3. The lowest BCUT2D eigenvalue weighted by Gasteiger charge is -2.40. The number of likely N-dealkylation sites (tertiary alicyclic amines) is 1. The van der Waals surface area contributed by atoms with E-state index in [1.807, 2.05) is 0 Å². The first kappa shape index (κ1) is 15.1. The zero-order valence-corrected chi connectivity index (χ0v) is 10.7. The molecule has 1 aliphatic heterocycles. The summed E-state index contributed by atoms with van der Waals surface area (Å²) in [6.45, 7) is 2.22. The Bertz CT molecular complexity index is 330. The second-order valence-corrected chi connectivity index (χ2v) is 5.68. The Labute approximate surface area is 104 Å². The molecule has 1 unspecified atom stereocenters. The summed E-state index contributed by atoms with van der Waals surface area (Å²) in [4.78, 5) is 12.2. The van der Waals surface area contributed by atoms with Crippen molar-refractivity contribution in [2.24, 2.45) is 0 Å². The van der Waals surface area contributed by atoms with Gasteiger partial charge in [-0.25, -0.2) is 18.0 Å². The van der Waals surface area contributed by atoms with Gasteiger partial charge in [0.25, 0.3) is 5.92 Å². The van der Waals surface area contributed by atoms with Crippen LogP contribution < -0.4 is 0 Å². The van der Waals surface area contributed by atoms with Gasteiger partial charge >= 0.3 is 6.09 Å². The third kappa shape index (κ3) is 4.04. The Morgan fingerprint density at radius 3 is 2.33 bits per heavy atom. The largest absolute Gasteiger partial charge is 0.444 e. The highest BCUT2D eigenvalue weighted by atomic mass is 19.3. The number of nitrogens with zero attached hydrogens (tertiary/aromatic N) is 1. The molecule has 4 nitrogen and oxygen atoms in total. The molecule has 106 valence electrons. The normalized spacial score (nSPS) is 28.1. The third-order valence-corrected chi connectivity index (χ3v) is 2.41. The van der Waals surface area contributed by atoms with Crippen molar-refractivity contribution in [3.05, 3.63) is 0 Å². The van der Waals surface area contributed by atoms with Crippen LogP contribution in [0.2, 0.25) is 0 Å². The van der Waals surface area contributed by atoms with Gasteiger partial charge in [-0.15, -0.1) is 0 Å². The molecule has 0 bridgehead atoms. The number of amides is 1. The van der Waals surface area contributed by atoms with Crippen LogP contribution in [0.4, 0.5) is 18.0 Å². The Kier molecular flexibility index (Phi) is 3.86. The second-order valence-electron chi connectivity index (χ2n) is 5.68. The minimum Gasteiger partial charge on any atom is -0.444 e. The van der Waals surface area contributed by atoms with Gasteiger partial charge in [0, 0.05) is 0 Å². The first-order valence-corrected chi connectivity index (χ1v) is 5.62. The molecular weight excluding hydrogens is 251 g/mol. The molecule has 1 aliphatic rings. The fourth-order valence-electron chi connectivity index (χ4n) is 1.81. The first-order valence-electron chi connectivity index (χ1n) is 5.62. The lowest BCUT2D eigenvalue weighted by molar-refractivity contribution is -0.133. The van der Waals surface area contributed by atoms with Crippen LogP contribution in [0.3, 0.4) is 0 Å². The van der Waals surface area contributed by atoms with E-state index in [0.29, 0.717) is 4.90 Å². The number of carbonyl (C=O) groups excluding carboxylic acids is 1. The van der Waals surface area contributed by atoms with Gasteiger partial charge in [-0.05, 0) is 20.8 Å².